The van der Waals surface area contributed by atoms with Crippen molar-refractivity contribution in [2.24, 2.45) is 5.14 Å². The lowest BCUT2D eigenvalue weighted by Crippen LogP contribution is -2.11. The summed E-state index contributed by atoms with van der Waals surface area (Å²) in [6.07, 6.45) is 0. The molecule has 0 saturated carbocycles. The maximum Gasteiger partial charge on any atom is 0.272 e. The van der Waals surface area contributed by atoms with Crippen LogP contribution in [0.2, 0.25) is 0 Å². The second-order valence-corrected chi connectivity index (χ2v) is 7.79. The van der Waals surface area contributed by atoms with Gasteiger partial charge < -0.3 is 0 Å². The lowest BCUT2D eigenvalue weighted by molar-refractivity contribution is -0.385. The molecule has 0 saturated heterocycles. The summed E-state index contributed by atoms with van der Waals surface area (Å²) in [5.74, 6) is 0. The van der Waals surface area contributed by atoms with Gasteiger partial charge in [-0.15, -0.1) is 11.3 Å². The fraction of sp³-hybridized carbons (Fsp3) is 0.0625. The van der Waals surface area contributed by atoms with E-state index in [1.807, 2.05) is 0 Å². The highest BCUT2D eigenvalue weighted by atomic mass is 32.2. The van der Waals surface area contributed by atoms with Gasteiger partial charge in [0.25, 0.3) is 5.69 Å². The molecule has 0 aliphatic heterocycles. The number of aryl methyl sites for hydroxylation is 1. The Balaban J connectivity index is 1.95. The van der Waals surface area contributed by atoms with Crippen LogP contribution >= 0.6 is 11.3 Å². The zero-order valence-electron chi connectivity index (χ0n) is 13.0. The molecule has 0 amide bonds. The summed E-state index contributed by atoms with van der Waals surface area (Å²) >= 11 is 1.37. The Kier molecular flexibility index (Phi) is 4.38. The molecule has 0 aliphatic rings. The topological polar surface area (TPSA) is 116 Å². The minimum atomic E-state index is -3.74. The summed E-state index contributed by atoms with van der Waals surface area (Å²) < 4.78 is 22.6. The third-order valence-electron chi connectivity index (χ3n) is 3.64. The number of hydrogen-bond donors (Lipinski definition) is 1. The predicted molar refractivity (Wildman–Crippen MR) is 95.8 cm³/mol. The third kappa shape index (κ3) is 3.58. The van der Waals surface area contributed by atoms with Gasteiger partial charge in [-0.2, -0.15) is 0 Å². The van der Waals surface area contributed by atoms with Gasteiger partial charge in [0.1, 0.15) is 5.01 Å². The quantitative estimate of drug-likeness (QED) is 0.554. The van der Waals surface area contributed by atoms with Crippen LogP contribution in [0.5, 0.6) is 0 Å². The minimum Gasteiger partial charge on any atom is -0.258 e. The van der Waals surface area contributed by atoms with E-state index in [1.54, 1.807) is 36.6 Å². The van der Waals surface area contributed by atoms with Crippen molar-refractivity contribution < 1.29 is 13.3 Å². The summed E-state index contributed by atoms with van der Waals surface area (Å²) in [5.41, 5.74) is 2.65. The Morgan fingerprint density at radius 2 is 1.76 bits per heavy atom. The summed E-state index contributed by atoms with van der Waals surface area (Å²) in [6.45, 7) is 1.68. The Morgan fingerprint density at radius 3 is 2.36 bits per heavy atom. The number of nitrogens with two attached hydrogens (primary N) is 1. The first-order valence-corrected chi connectivity index (χ1v) is 9.52. The van der Waals surface area contributed by atoms with E-state index in [0.717, 1.165) is 5.56 Å². The van der Waals surface area contributed by atoms with Gasteiger partial charge >= 0.3 is 0 Å². The number of benzene rings is 2. The number of nitro groups is 1. The molecule has 25 heavy (non-hydrogen) atoms. The van der Waals surface area contributed by atoms with Crippen molar-refractivity contribution in [3.8, 4) is 21.8 Å². The van der Waals surface area contributed by atoms with Gasteiger partial charge in [0.05, 0.1) is 15.5 Å². The monoisotopic (exact) mass is 375 g/mol. The second-order valence-electron chi connectivity index (χ2n) is 5.37. The van der Waals surface area contributed by atoms with E-state index in [9.17, 15) is 18.5 Å². The first-order valence-electron chi connectivity index (χ1n) is 7.10. The molecule has 2 N–H and O–H groups in total. The lowest BCUT2D eigenvalue weighted by Gasteiger charge is -2.01. The van der Waals surface area contributed by atoms with Crippen LogP contribution in [0.4, 0.5) is 5.69 Å². The molecular weight excluding hydrogens is 362 g/mol. The van der Waals surface area contributed by atoms with E-state index >= 15 is 0 Å². The van der Waals surface area contributed by atoms with Crippen LogP contribution in [0.3, 0.4) is 0 Å². The molecule has 0 atom stereocenters. The molecule has 0 fully saturated rings. The fourth-order valence-electron chi connectivity index (χ4n) is 2.29. The average Bonchev–Trinajstić information content (AvgIpc) is 3.04. The van der Waals surface area contributed by atoms with Crippen LogP contribution in [0.15, 0.2) is 52.7 Å². The van der Waals surface area contributed by atoms with Crippen LogP contribution in [0.25, 0.3) is 21.8 Å². The smallest absolute Gasteiger partial charge is 0.258 e. The molecule has 0 aliphatic carbocycles. The second kappa shape index (κ2) is 6.36. The number of nitrogens with zero attached hydrogens (tertiary/aromatic N) is 2. The SMILES string of the molecule is Cc1ccc(-c2csc(-c3ccc(S(N)(=O)=O)cc3)n2)cc1[N+](=O)[O-]. The standard InChI is InChI=1S/C16H13N3O4S2/c1-10-2-3-12(8-15(10)19(20)21)14-9-24-16(18-14)11-4-6-13(7-5-11)25(17,22)23/h2-9H,1H3,(H2,17,22,23). The minimum absolute atomic E-state index is 0.0298. The molecule has 0 unspecified atom stereocenters. The molecule has 0 spiro atoms. The van der Waals surface area contributed by atoms with Crippen molar-refractivity contribution in [1.29, 1.82) is 0 Å². The molecule has 0 bridgehead atoms. The number of primary sulfonamides is 1. The van der Waals surface area contributed by atoms with Crippen LogP contribution in [-0.2, 0) is 10.0 Å². The normalized spacial score (nSPS) is 11.4. The third-order valence-corrected chi connectivity index (χ3v) is 5.46. The molecule has 9 heteroatoms. The van der Waals surface area contributed by atoms with E-state index in [0.29, 0.717) is 21.8 Å². The van der Waals surface area contributed by atoms with Gasteiger partial charge in [0, 0.05) is 28.1 Å². The van der Waals surface area contributed by atoms with E-state index < -0.39 is 14.9 Å². The Hall–Kier alpha value is -2.62. The van der Waals surface area contributed by atoms with Crippen molar-refractivity contribution in [2.75, 3.05) is 0 Å². The molecule has 2 aromatic carbocycles. The number of aromatic nitrogens is 1. The summed E-state index contributed by atoms with van der Waals surface area (Å²) in [6, 6.07) is 11.1. The lowest BCUT2D eigenvalue weighted by atomic mass is 10.1. The number of sulfonamides is 1. The highest BCUT2D eigenvalue weighted by Gasteiger charge is 2.14. The molecule has 3 rings (SSSR count). The van der Waals surface area contributed by atoms with Gasteiger partial charge in [-0.05, 0) is 19.1 Å². The summed E-state index contributed by atoms with van der Waals surface area (Å²) in [4.78, 5) is 15.2. The average molecular weight is 375 g/mol. The Bertz CT molecular complexity index is 1060. The number of rotatable bonds is 4. The molecular formula is C16H13N3O4S2. The molecule has 7 nitrogen and oxygen atoms in total. The van der Waals surface area contributed by atoms with E-state index in [4.69, 9.17) is 5.14 Å². The Morgan fingerprint density at radius 1 is 1.12 bits per heavy atom. The number of hydrogen-bond acceptors (Lipinski definition) is 6. The number of nitro benzene ring substituents is 1. The Labute approximate surface area is 148 Å². The maximum atomic E-state index is 11.3. The largest absolute Gasteiger partial charge is 0.272 e. The zero-order chi connectivity index (χ0) is 18.2. The van der Waals surface area contributed by atoms with Gasteiger partial charge in [-0.25, -0.2) is 18.5 Å². The zero-order valence-corrected chi connectivity index (χ0v) is 14.7. The molecule has 1 aromatic heterocycles. The van der Waals surface area contributed by atoms with E-state index in [-0.39, 0.29) is 10.6 Å². The fourth-order valence-corrected chi connectivity index (χ4v) is 3.64. The van der Waals surface area contributed by atoms with Gasteiger partial charge in [-0.1, -0.05) is 24.3 Å². The van der Waals surface area contributed by atoms with E-state index in [1.165, 1.54) is 29.5 Å². The summed E-state index contributed by atoms with van der Waals surface area (Å²) in [7, 11) is -3.74. The van der Waals surface area contributed by atoms with Crippen LogP contribution in [-0.4, -0.2) is 18.3 Å². The predicted octanol–water partition coefficient (Wildman–Crippen LogP) is 3.34. The summed E-state index contributed by atoms with van der Waals surface area (Å²) in [5, 5.41) is 18.6. The molecule has 0 radical (unpaired) electrons. The van der Waals surface area contributed by atoms with Crippen molar-refractivity contribution >= 4 is 27.0 Å². The van der Waals surface area contributed by atoms with Crippen LogP contribution < -0.4 is 5.14 Å². The van der Waals surface area contributed by atoms with Gasteiger partial charge in [0.15, 0.2) is 0 Å². The molecule has 1 heterocycles. The van der Waals surface area contributed by atoms with Crippen molar-refractivity contribution in [2.45, 2.75) is 11.8 Å². The maximum absolute atomic E-state index is 11.3. The number of thiazole rings is 1. The highest BCUT2D eigenvalue weighted by Crippen LogP contribution is 2.31. The van der Waals surface area contributed by atoms with Gasteiger partial charge in [-0.3, -0.25) is 10.1 Å². The van der Waals surface area contributed by atoms with Crippen molar-refractivity contribution in [1.82, 2.24) is 4.98 Å². The molecule has 128 valence electrons. The van der Waals surface area contributed by atoms with Crippen LogP contribution in [0.1, 0.15) is 5.56 Å². The van der Waals surface area contributed by atoms with Crippen LogP contribution in [0, 0.1) is 17.0 Å². The molecule has 3 aromatic rings. The highest BCUT2D eigenvalue weighted by molar-refractivity contribution is 7.89. The van der Waals surface area contributed by atoms with Crippen molar-refractivity contribution in [3.63, 3.8) is 0 Å². The van der Waals surface area contributed by atoms with Gasteiger partial charge in [0.2, 0.25) is 10.0 Å². The first kappa shape index (κ1) is 17.2. The van der Waals surface area contributed by atoms with Crippen molar-refractivity contribution in [3.05, 3.63) is 63.5 Å². The van der Waals surface area contributed by atoms with E-state index in [2.05, 4.69) is 4.98 Å². The first-order chi connectivity index (χ1) is 11.8.